The molecule has 26 heavy (non-hydrogen) atoms. The van der Waals surface area contributed by atoms with Crippen LogP contribution in [0.3, 0.4) is 0 Å². The first kappa shape index (κ1) is 18.3. The summed E-state index contributed by atoms with van der Waals surface area (Å²) in [6.45, 7) is 1.82. The van der Waals surface area contributed by atoms with Gasteiger partial charge in [0.25, 0.3) is 5.91 Å². The maximum absolute atomic E-state index is 12.8. The molecule has 0 spiro atoms. The van der Waals surface area contributed by atoms with E-state index < -0.39 is 6.04 Å². The molecule has 0 saturated heterocycles. The van der Waals surface area contributed by atoms with E-state index in [2.05, 4.69) is 10.3 Å². The van der Waals surface area contributed by atoms with Crippen molar-refractivity contribution in [3.63, 3.8) is 0 Å². The molecule has 1 aromatic carbocycles. The lowest BCUT2D eigenvalue weighted by Gasteiger charge is -2.16. The zero-order chi connectivity index (χ0) is 18.5. The number of carbonyl (C=O) groups is 2. The molecule has 0 radical (unpaired) electrons. The molecule has 0 aliphatic rings. The Bertz CT molecular complexity index is 889. The molecule has 0 aliphatic carbocycles. The van der Waals surface area contributed by atoms with Gasteiger partial charge in [-0.2, -0.15) is 0 Å². The number of nitrogens with one attached hydrogen (secondary N) is 1. The maximum Gasteiger partial charge on any atom is 0.307 e. The Morgan fingerprint density at radius 3 is 2.62 bits per heavy atom. The van der Waals surface area contributed by atoms with Crippen LogP contribution in [-0.4, -0.2) is 24.0 Å². The molecule has 1 unspecified atom stereocenters. The largest absolute Gasteiger partial charge is 0.469 e. The van der Waals surface area contributed by atoms with E-state index in [1.54, 1.807) is 0 Å². The summed E-state index contributed by atoms with van der Waals surface area (Å²) in [5.41, 5.74) is 1.65. The van der Waals surface area contributed by atoms with Crippen LogP contribution in [0.2, 0.25) is 0 Å². The molecule has 0 saturated carbocycles. The van der Waals surface area contributed by atoms with E-state index in [0.29, 0.717) is 10.6 Å². The molecule has 1 atom stereocenters. The SMILES string of the molecule is COC(=O)CC(NC(=O)c1sc(-c2ccccc2)nc1C)c1cccs1. The van der Waals surface area contributed by atoms with Gasteiger partial charge >= 0.3 is 5.97 Å². The summed E-state index contributed by atoms with van der Waals surface area (Å²) >= 11 is 2.84. The number of hydrogen-bond donors (Lipinski definition) is 1. The first-order valence-corrected chi connectivity index (χ1v) is 9.72. The molecule has 134 valence electrons. The number of esters is 1. The number of aryl methyl sites for hydroxylation is 1. The number of rotatable bonds is 6. The average Bonchev–Trinajstić information content (AvgIpc) is 3.31. The quantitative estimate of drug-likeness (QED) is 0.644. The van der Waals surface area contributed by atoms with Crippen LogP contribution in [0.15, 0.2) is 47.8 Å². The lowest BCUT2D eigenvalue weighted by molar-refractivity contribution is -0.141. The second-order valence-corrected chi connectivity index (χ2v) is 7.60. The van der Waals surface area contributed by atoms with Gasteiger partial charge in [-0.15, -0.1) is 22.7 Å². The molecule has 2 aromatic heterocycles. The molecule has 0 aliphatic heterocycles. The van der Waals surface area contributed by atoms with Crippen LogP contribution < -0.4 is 5.32 Å². The number of methoxy groups -OCH3 is 1. The number of amides is 1. The number of carbonyl (C=O) groups excluding carboxylic acids is 2. The first-order valence-electron chi connectivity index (χ1n) is 8.02. The van der Waals surface area contributed by atoms with Crippen LogP contribution >= 0.6 is 22.7 Å². The summed E-state index contributed by atoms with van der Waals surface area (Å²) in [5.74, 6) is -0.598. The van der Waals surface area contributed by atoms with E-state index in [1.165, 1.54) is 29.8 Å². The second kappa shape index (κ2) is 8.25. The molecular weight excluding hydrogens is 368 g/mol. The van der Waals surface area contributed by atoms with Crippen molar-refractivity contribution in [1.82, 2.24) is 10.3 Å². The highest BCUT2D eigenvalue weighted by Crippen LogP contribution is 2.29. The molecule has 3 rings (SSSR count). The Morgan fingerprint density at radius 2 is 1.96 bits per heavy atom. The predicted molar refractivity (Wildman–Crippen MR) is 103 cm³/mol. The molecule has 0 fully saturated rings. The molecule has 5 nitrogen and oxygen atoms in total. The summed E-state index contributed by atoms with van der Waals surface area (Å²) in [6, 6.07) is 13.1. The first-order chi connectivity index (χ1) is 12.6. The fourth-order valence-corrected chi connectivity index (χ4v) is 4.25. The minimum absolute atomic E-state index is 0.0894. The number of thiophene rings is 1. The maximum atomic E-state index is 12.8. The molecule has 1 N–H and O–H groups in total. The number of aromatic nitrogens is 1. The highest BCUT2D eigenvalue weighted by molar-refractivity contribution is 7.17. The fraction of sp³-hybridized carbons (Fsp3) is 0.211. The van der Waals surface area contributed by atoms with Crippen molar-refractivity contribution in [2.75, 3.05) is 7.11 Å². The van der Waals surface area contributed by atoms with E-state index in [9.17, 15) is 9.59 Å². The summed E-state index contributed by atoms with van der Waals surface area (Å²) < 4.78 is 4.76. The van der Waals surface area contributed by atoms with Gasteiger partial charge < -0.3 is 10.1 Å². The Balaban J connectivity index is 1.82. The highest BCUT2D eigenvalue weighted by atomic mass is 32.1. The van der Waals surface area contributed by atoms with Gasteiger partial charge in [-0.05, 0) is 18.4 Å². The Hall–Kier alpha value is -2.51. The summed E-state index contributed by atoms with van der Waals surface area (Å²) in [5, 5.41) is 5.66. The van der Waals surface area contributed by atoms with Crippen molar-refractivity contribution >= 4 is 34.6 Å². The van der Waals surface area contributed by atoms with E-state index in [1.807, 2.05) is 54.8 Å². The average molecular weight is 386 g/mol. The lowest BCUT2D eigenvalue weighted by Crippen LogP contribution is -2.29. The van der Waals surface area contributed by atoms with Crippen LogP contribution in [-0.2, 0) is 9.53 Å². The summed E-state index contributed by atoms with van der Waals surface area (Å²) in [6.07, 6.45) is 0.0894. The Labute approximate surface area is 159 Å². The molecule has 2 heterocycles. The fourth-order valence-electron chi connectivity index (χ4n) is 2.50. The van der Waals surface area contributed by atoms with Crippen molar-refractivity contribution in [3.05, 3.63) is 63.3 Å². The third-order valence-electron chi connectivity index (χ3n) is 3.81. The number of thiazole rings is 1. The predicted octanol–water partition coefficient (Wildman–Crippen LogP) is 4.21. The topological polar surface area (TPSA) is 68.3 Å². The number of hydrogen-bond acceptors (Lipinski definition) is 6. The highest BCUT2D eigenvalue weighted by Gasteiger charge is 2.23. The molecule has 7 heteroatoms. The van der Waals surface area contributed by atoms with Crippen molar-refractivity contribution in [2.24, 2.45) is 0 Å². The minimum Gasteiger partial charge on any atom is -0.469 e. The monoisotopic (exact) mass is 386 g/mol. The lowest BCUT2D eigenvalue weighted by atomic mass is 10.1. The normalized spacial score (nSPS) is 11.8. The van der Waals surface area contributed by atoms with Crippen molar-refractivity contribution in [3.8, 4) is 10.6 Å². The van der Waals surface area contributed by atoms with Crippen LogP contribution in [0.5, 0.6) is 0 Å². The van der Waals surface area contributed by atoms with Gasteiger partial charge in [-0.25, -0.2) is 4.98 Å². The number of nitrogens with zero attached hydrogens (tertiary/aromatic N) is 1. The van der Waals surface area contributed by atoms with E-state index in [4.69, 9.17) is 4.74 Å². The van der Waals surface area contributed by atoms with Crippen molar-refractivity contribution < 1.29 is 14.3 Å². The second-order valence-electron chi connectivity index (χ2n) is 5.62. The number of ether oxygens (including phenoxy) is 1. The van der Waals surface area contributed by atoms with Gasteiger partial charge in [0.05, 0.1) is 25.3 Å². The van der Waals surface area contributed by atoms with Gasteiger partial charge in [0.15, 0.2) is 0 Å². The van der Waals surface area contributed by atoms with Crippen LogP contribution in [0.4, 0.5) is 0 Å². The third kappa shape index (κ3) is 4.17. The summed E-state index contributed by atoms with van der Waals surface area (Å²) in [7, 11) is 1.34. The molecule has 0 bridgehead atoms. The minimum atomic E-state index is -0.420. The van der Waals surface area contributed by atoms with E-state index >= 15 is 0 Å². The van der Waals surface area contributed by atoms with Crippen LogP contribution in [0.25, 0.3) is 10.6 Å². The van der Waals surface area contributed by atoms with Gasteiger partial charge in [-0.3, -0.25) is 9.59 Å². The Kier molecular flexibility index (Phi) is 5.80. The summed E-state index contributed by atoms with van der Waals surface area (Å²) in [4.78, 5) is 30.5. The van der Waals surface area contributed by atoms with Gasteiger partial charge in [0.2, 0.25) is 0 Å². The smallest absolute Gasteiger partial charge is 0.307 e. The van der Waals surface area contributed by atoms with Crippen molar-refractivity contribution in [2.45, 2.75) is 19.4 Å². The molecule has 1 amide bonds. The van der Waals surface area contributed by atoms with Crippen molar-refractivity contribution in [1.29, 1.82) is 0 Å². The molecule has 3 aromatic rings. The Morgan fingerprint density at radius 1 is 1.19 bits per heavy atom. The van der Waals surface area contributed by atoms with E-state index in [-0.39, 0.29) is 18.3 Å². The third-order valence-corrected chi connectivity index (χ3v) is 6.01. The standard InChI is InChI=1S/C19H18N2O3S2/c1-12-17(26-19(20-12)13-7-4-3-5-8-13)18(23)21-14(11-16(22)24-2)15-9-6-10-25-15/h3-10,14H,11H2,1-2H3,(H,21,23). The zero-order valence-corrected chi connectivity index (χ0v) is 16.0. The van der Waals surface area contributed by atoms with Gasteiger partial charge in [0.1, 0.15) is 9.88 Å². The number of benzene rings is 1. The zero-order valence-electron chi connectivity index (χ0n) is 14.4. The molecular formula is C19H18N2O3S2. The van der Waals surface area contributed by atoms with Crippen LogP contribution in [0.1, 0.15) is 32.7 Å². The van der Waals surface area contributed by atoms with Gasteiger partial charge in [0, 0.05) is 10.4 Å². The van der Waals surface area contributed by atoms with Crippen LogP contribution in [0, 0.1) is 6.92 Å². The van der Waals surface area contributed by atoms with E-state index in [0.717, 1.165) is 15.4 Å². The van der Waals surface area contributed by atoms with Gasteiger partial charge in [-0.1, -0.05) is 36.4 Å².